The Labute approximate surface area is 113 Å². The normalized spacial score (nSPS) is 36.6. The first kappa shape index (κ1) is 12.7. The number of carbonyl (C=O) groups is 2. The van der Waals surface area contributed by atoms with E-state index in [0.717, 1.165) is 32.2 Å². The molecule has 2 aliphatic carbocycles. The SMILES string of the molecule is COC(=O)[C@H]1CCCN(C(=O)C2CC3C=CC2C3)C1. The van der Waals surface area contributed by atoms with Crippen molar-refractivity contribution in [2.75, 3.05) is 20.2 Å². The molecule has 1 saturated heterocycles. The highest BCUT2D eigenvalue weighted by molar-refractivity contribution is 5.81. The van der Waals surface area contributed by atoms with Gasteiger partial charge in [-0.15, -0.1) is 0 Å². The lowest BCUT2D eigenvalue weighted by Crippen LogP contribution is -2.45. The summed E-state index contributed by atoms with van der Waals surface area (Å²) in [5.74, 6) is 1.16. The Morgan fingerprint density at radius 1 is 1.26 bits per heavy atom. The number of methoxy groups -OCH3 is 1. The second-order valence-electron chi connectivity index (χ2n) is 6.03. The third-order valence-electron chi connectivity index (χ3n) is 4.86. The Kier molecular flexibility index (Phi) is 3.33. The minimum absolute atomic E-state index is 0.128. The van der Waals surface area contributed by atoms with Crippen LogP contribution in [0.5, 0.6) is 0 Å². The first-order valence-corrected chi connectivity index (χ1v) is 7.24. The fraction of sp³-hybridized carbons (Fsp3) is 0.733. The molecule has 0 aromatic rings. The summed E-state index contributed by atoms with van der Waals surface area (Å²) in [6, 6.07) is 0. The summed E-state index contributed by atoms with van der Waals surface area (Å²) in [7, 11) is 1.42. The van der Waals surface area contributed by atoms with E-state index < -0.39 is 0 Å². The Hall–Kier alpha value is -1.32. The molecule has 19 heavy (non-hydrogen) atoms. The molecule has 1 amide bonds. The third kappa shape index (κ3) is 2.28. The Balaban J connectivity index is 1.64. The van der Waals surface area contributed by atoms with Gasteiger partial charge in [-0.2, -0.15) is 0 Å². The molecule has 4 atom stereocenters. The maximum atomic E-state index is 12.6. The molecule has 0 radical (unpaired) electrons. The lowest BCUT2D eigenvalue weighted by molar-refractivity contribution is -0.150. The fourth-order valence-corrected chi connectivity index (χ4v) is 3.84. The predicted octanol–water partition coefficient (Wildman–Crippen LogP) is 1.61. The first-order chi connectivity index (χ1) is 9.19. The van der Waals surface area contributed by atoms with Crippen LogP contribution in [0, 0.1) is 23.7 Å². The van der Waals surface area contributed by atoms with Gasteiger partial charge in [-0.25, -0.2) is 0 Å². The molecule has 1 heterocycles. The van der Waals surface area contributed by atoms with E-state index in [-0.39, 0.29) is 23.7 Å². The molecular weight excluding hydrogens is 242 g/mol. The smallest absolute Gasteiger partial charge is 0.310 e. The average molecular weight is 263 g/mol. The van der Waals surface area contributed by atoms with Crippen molar-refractivity contribution in [2.24, 2.45) is 23.7 Å². The molecule has 1 aliphatic heterocycles. The van der Waals surface area contributed by atoms with Crippen molar-refractivity contribution in [3.8, 4) is 0 Å². The van der Waals surface area contributed by atoms with Crippen LogP contribution in [0.15, 0.2) is 12.2 Å². The van der Waals surface area contributed by atoms with Gasteiger partial charge in [-0.05, 0) is 37.5 Å². The Morgan fingerprint density at radius 2 is 2.11 bits per heavy atom. The number of carbonyl (C=O) groups excluding carboxylic acids is 2. The zero-order valence-corrected chi connectivity index (χ0v) is 11.4. The summed E-state index contributed by atoms with van der Waals surface area (Å²) in [4.78, 5) is 26.1. The zero-order chi connectivity index (χ0) is 13.4. The molecule has 3 aliphatic rings. The van der Waals surface area contributed by atoms with Crippen molar-refractivity contribution in [1.29, 1.82) is 0 Å². The van der Waals surface area contributed by atoms with Crippen molar-refractivity contribution in [1.82, 2.24) is 4.90 Å². The number of amides is 1. The van der Waals surface area contributed by atoms with Crippen molar-refractivity contribution in [3.63, 3.8) is 0 Å². The second kappa shape index (κ2) is 4.99. The van der Waals surface area contributed by atoms with Crippen LogP contribution in [-0.2, 0) is 14.3 Å². The van der Waals surface area contributed by atoms with Crippen molar-refractivity contribution < 1.29 is 14.3 Å². The van der Waals surface area contributed by atoms with Crippen LogP contribution in [0.4, 0.5) is 0 Å². The van der Waals surface area contributed by atoms with Gasteiger partial charge < -0.3 is 9.64 Å². The topological polar surface area (TPSA) is 46.6 Å². The Bertz CT molecular complexity index is 418. The summed E-state index contributed by atoms with van der Waals surface area (Å²) in [6.45, 7) is 1.34. The summed E-state index contributed by atoms with van der Waals surface area (Å²) < 4.78 is 4.80. The van der Waals surface area contributed by atoms with E-state index in [1.807, 2.05) is 4.90 Å². The summed E-state index contributed by atoms with van der Waals surface area (Å²) in [5.41, 5.74) is 0. The standard InChI is InChI=1S/C15H21NO3/c1-19-15(18)12-3-2-6-16(9-12)14(17)13-8-10-4-5-11(13)7-10/h4-5,10-13H,2-3,6-9H2,1H3/t10?,11?,12-,13?/m0/s1. The van der Waals surface area contributed by atoms with Crippen LogP contribution in [0.3, 0.4) is 0 Å². The van der Waals surface area contributed by atoms with Crippen LogP contribution in [0.2, 0.25) is 0 Å². The molecule has 0 aromatic heterocycles. The largest absolute Gasteiger partial charge is 0.469 e. The van der Waals surface area contributed by atoms with Gasteiger partial charge in [0.2, 0.25) is 5.91 Å². The zero-order valence-electron chi connectivity index (χ0n) is 11.4. The highest BCUT2D eigenvalue weighted by Crippen LogP contribution is 2.44. The van der Waals surface area contributed by atoms with Crippen molar-refractivity contribution in [2.45, 2.75) is 25.7 Å². The molecule has 2 fully saturated rings. The highest BCUT2D eigenvalue weighted by Gasteiger charge is 2.42. The lowest BCUT2D eigenvalue weighted by Gasteiger charge is -2.34. The molecule has 0 spiro atoms. The van der Waals surface area contributed by atoms with E-state index in [4.69, 9.17) is 4.74 Å². The van der Waals surface area contributed by atoms with Crippen molar-refractivity contribution >= 4 is 11.9 Å². The average Bonchev–Trinajstić information content (AvgIpc) is 3.08. The first-order valence-electron chi connectivity index (χ1n) is 7.24. The fourth-order valence-electron chi connectivity index (χ4n) is 3.84. The van der Waals surface area contributed by atoms with Gasteiger partial charge in [0.25, 0.3) is 0 Å². The van der Waals surface area contributed by atoms with Crippen LogP contribution < -0.4 is 0 Å². The van der Waals surface area contributed by atoms with Crippen LogP contribution in [-0.4, -0.2) is 37.0 Å². The van der Waals surface area contributed by atoms with Crippen molar-refractivity contribution in [3.05, 3.63) is 12.2 Å². The van der Waals surface area contributed by atoms with Crippen LogP contribution >= 0.6 is 0 Å². The second-order valence-corrected chi connectivity index (χ2v) is 6.03. The van der Waals surface area contributed by atoms with Gasteiger partial charge in [0.15, 0.2) is 0 Å². The van der Waals surface area contributed by atoms with E-state index in [1.54, 1.807) is 0 Å². The number of likely N-dealkylation sites (tertiary alicyclic amines) is 1. The number of piperidine rings is 1. The molecular formula is C15H21NO3. The summed E-state index contributed by atoms with van der Waals surface area (Å²) in [6.07, 6.45) is 8.35. The van der Waals surface area contributed by atoms with E-state index in [9.17, 15) is 9.59 Å². The maximum Gasteiger partial charge on any atom is 0.310 e. The molecule has 1 saturated carbocycles. The van der Waals surface area contributed by atoms with Crippen LogP contribution in [0.25, 0.3) is 0 Å². The highest BCUT2D eigenvalue weighted by atomic mass is 16.5. The van der Waals surface area contributed by atoms with E-state index in [0.29, 0.717) is 18.4 Å². The summed E-state index contributed by atoms with van der Waals surface area (Å²) >= 11 is 0. The number of esters is 1. The number of nitrogens with zero attached hydrogens (tertiary/aromatic N) is 1. The van der Waals surface area contributed by atoms with E-state index >= 15 is 0 Å². The number of hydrogen-bond acceptors (Lipinski definition) is 3. The minimum Gasteiger partial charge on any atom is -0.469 e. The number of rotatable bonds is 2. The monoisotopic (exact) mass is 263 g/mol. The molecule has 0 aromatic carbocycles. The summed E-state index contributed by atoms with van der Waals surface area (Å²) in [5, 5.41) is 0. The number of ether oxygens (including phenoxy) is 1. The molecule has 2 bridgehead atoms. The molecule has 104 valence electrons. The van der Waals surface area contributed by atoms with Crippen LogP contribution in [0.1, 0.15) is 25.7 Å². The number of fused-ring (bicyclic) bond motifs is 2. The quantitative estimate of drug-likeness (QED) is 0.561. The van der Waals surface area contributed by atoms with Gasteiger partial charge >= 0.3 is 5.97 Å². The minimum atomic E-state index is -0.176. The lowest BCUT2D eigenvalue weighted by atomic mass is 9.90. The molecule has 3 rings (SSSR count). The number of hydrogen-bond donors (Lipinski definition) is 0. The third-order valence-corrected chi connectivity index (χ3v) is 4.86. The predicted molar refractivity (Wildman–Crippen MR) is 70.2 cm³/mol. The van der Waals surface area contributed by atoms with Gasteiger partial charge in [0.1, 0.15) is 0 Å². The van der Waals surface area contributed by atoms with Gasteiger partial charge in [-0.1, -0.05) is 12.2 Å². The van der Waals surface area contributed by atoms with Gasteiger partial charge in [-0.3, -0.25) is 9.59 Å². The molecule has 0 N–H and O–H groups in total. The van der Waals surface area contributed by atoms with E-state index in [2.05, 4.69) is 12.2 Å². The van der Waals surface area contributed by atoms with Gasteiger partial charge in [0, 0.05) is 19.0 Å². The molecule has 4 nitrogen and oxygen atoms in total. The molecule has 3 unspecified atom stereocenters. The van der Waals surface area contributed by atoms with Gasteiger partial charge in [0.05, 0.1) is 13.0 Å². The number of allylic oxidation sites excluding steroid dienone is 2. The maximum absolute atomic E-state index is 12.6. The van der Waals surface area contributed by atoms with E-state index in [1.165, 1.54) is 7.11 Å². The Morgan fingerprint density at radius 3 is 2.74 bits per heavy atom. The molecule has 4 heteroatoms.